The van der Waals surface area contributed by atoms with Crippen LogP contribution in [0.5, 0.6) is 0 Å². The zero-order valence-electron chi connectivity index (χ0n) is 8.83. The molecule has 0 aliphatic rings. The molecule has 0 saturated heterocycles. The zero-order chi connectivity index (χ0) is 12.1. The fraction of sp³-hybridized carbons (Fsp3) is 0.100. The Morgan fingerprint density at radius 1 is 1.29 bits per heavy atom. The lowest BCUT2D eigenvalue weighted by atomic mass is 10.2. The van der Waals surface area contributed by atoms with E-state index < -0.39 is 10.0 Å². The Bertz CT molecular complexity index is 552. The van der Waals surface area contributed by atoms with E-state index >= 15 is 0 Å². The Labute approximate surface area is 98.7 Å². The smallest absolute Gasteiger partial charge is 0.279 e. The monoisotopic (exact) mass is 253 g/mol. The summed E-state index contributed by atoms with van der Waals surface area (Å²) in [7, 11) is -3.68. The minimum absolute atomic E-state index is 0.0365. The maximum atomic E-state index is 11.6. The largest absolute Gasteiger partial charge is 0.335 e. The quantitative estimate of drug-likeness (QED) is 0.773. The fourth-order valence-corrected chi connectivity index (χ4v) is 1.91. The Kier molecular flexibility index (Phi) is 3.52. The molecule has 6 nitrogen and oxygen atoms in total. The van der Waals surface area contributed by atoms with Gasteiger partial charge in [-0.2, -0.15) is 0 Å². The molecular weight excluding hydrogens is 242 g/mol. The summed E-state index contributed by atoms with van der Waals surface area (Å²) < 4.78 is 23.2. The second-order valence-electron chi connectivity index (χ2n) is 3.28. The second kappa shape index (κ2) is 5.09. The highest BCUT2D eigenvalue weighted by molar-refractivity contribution is 7.89. The molecule has 2 N–H and O–H groups in total. The van der Waals surface area contributed by atoms with E-state index in [1.54, 1.807) is 0 Å². The predicted octanol–water partition coefficient (Wildman–Crippen LogP) is 0.820. The van der Waals surface area contributed by atoms with E-state index in [1.165, 1.54) is 12.5 Å². The van der Waals surface area contributed by atoms with Gasteiger partial charge in [-0.3, -0.25) is 4.84 Å². The van der Waals surface area contributed by atoms with Gasteiger partial charge in [-0.25, -0.2) is 13.4 Å². The molecule has 2 rings (SSSR count). The van der Waals surface area contributed by atoms with Crippen LogP contribution in [-0.2, 0) is 21.5 Å². The van der Waals surface area contributed by atoms with E-state index in [0.29, 0.717) is 0 Å². The summed E-state index contributed by atoms with van der Waals surface area (Å²) in [6, 6.07) is 9.25. The van der Waals surface area contributed by atoms with Crippen LogP contribution in [0.1, 0.15) is 5.56 Å². The number of benzene rings is 1. The molecule has 0 fully saturated rings. The third-order valence-electron chi connectivity index (χ3n) is 2.01. The van der Waals surface area contributed by atoms with Gasteiger partial charge in [0.25, 0.3) is 10.0 Å². The fourth-order valence-electron chi connectivity index (χ4n) is 1.20. The first-order valence-corrected chi connectivity index (χ1v) is 6.33. The number of aromatic nitrogens is 2. The van der Waals surface area contributed by atoms with Crippen LogP contribution < -0.4 is 4.89 Å². The number of hydrogen-bond acceptors (Lipinski definition) is 4. The van der Waals surface area contributed by atoms with Crippen molar-refractivity contribution in [2.24, 2.45) is 0 Å². The number of nitrogens with one attached hydrogen (secondary N) is 2. The molecule has 0 unspecified atom stereocenters. The molecule has 0 amide bonds. The molecule has 1 aromatic carbocycles. The Morgan fingerprint density at radius 2 is 2.06 bits per heavy atom. The first-order valence-electron chi connectivity index (χ1n) is 4.84. The number of imidazole rings is 1. The van der Waals surface area contributed by atoms with Crippen molar-refractivity contribution in [3.8, 4) is 0 Å². The lowest BCUT2D eigenvalue weighted by molar-refractivity contribution is 0.0793. The average Bonchev–Trinajstić information content (AvgIpc) is 2.84. The van der Waals surface area contributed by atoms with Crippen molar-refractivity contribution in [2.75, 3.05) is 0 Å². The van der Waals surface area contributed by atoms with Gasteiger partial charge in [-0.15, -0.1) is 0 Å². The van der Waals surface area contributed by atoms with Gasteiger partial charge in [-0.1, -0.05) is 35.2 Å². The van der Waals surface area contributed by atoms with Crippen LogP contribution >= 0.6 is 0 Å². The van der Waals surface area contributed by atoms with Gasteiger partial charge in [0.1, 0.15) is 0 Å². The van der Waals surface area contributed by atoms with Gasteiger partial charge in [0.2, 0.25) is 0 Å². The Hall–Kier alpha value is -1.70. The van der Waals surface area contributed by atoms with Crippen LogP contribution in [0.4, 0.5) is 0 Å². The molecule has 1 heterocycles. The number of hydrogen-bond donors (Lipinski definition) is 2. The number of nitrogens with zero attached hydrogens (tertiary/aromatic N) is 1. The van der Waals surface area contributed by atoms with Gasteiger partial charge in [0.15, 0.2) is 5.03 Å². The standard InChI is InChI=1S/C10H11N3O3S/c14-17(15,10-6-11-8-12-10)13-16-7-9-4-2-1-3-5-9/h1-6,8,13H,7H2,(H,11,12). The summed E-state index contributed by atoms with van der Waals surface area (Å²) in [5.41, 5.74) is 0.875. The van der Waals surface area contributed by atoms with Crippen molar-refractivity contribution in [1.82, 2.24) is 14.9 Å². The van der Waals surface area contributed by atoms with E-state index in [0.717, 1.165) is 5.56 Å². The minimum Gasteiger partial charge on any atom is -0.335 e. The Balaban J connectivity index is 1.91. The molecular formula is C10H11N3O3S. The first kappa shape index (κ1) is 11.8. The van der Waals surface area contributed by atoms with Gasteiger partial charge in [0.05, 0.1) is 19.1 Å². The first-order chi connectivity index (χ1) is 8.18. The van der Waals surface area contributed by atoms with Gasteiger partial charge in [0, 0.05) is 0 Å². The normalized spacial score (nSPS) is 11.5. The molecule has 0 atom stereocenters. The molecule has 1 aromatic heterocycles. The molecule has 17 heavy (non-hydrogen) atoms. The summed E-state index contributed by atoms with van der Waals surface area (Å²) >= 11 is 0. The summed E-state index contributed by atoms with van der Waals surface area (Å²) in [5.74, 6) is 0. The van der Waals surface area contributed by atoms with Crippen molar-refractivity contribution in [3.63, 3.8) is 0 Å². The highest BCUT2D eigenvalue weighted by Gasteiger charge is 2.15. The summed E-state index contributed by atoms with van der Waals surface area (Å²) in [4.78, 5) is 13.0. The predicted molar refractivity (Wildman–Crippen MR) is 60.1 cm³/mol. The van der Waals surface area contributed by atoms with Crippen LogP contribution in [0.3, 0.4) is 0 Å². The molecule has 0 radical (unpaired) electrons. The third-order valence-corrected chi connectivity index (χ3v) is 3.15. The SMILES string of the molecule is O=S(=O)(NOCc1ccccc1)c1cnc[nH]1. The minimum atomic E-state index is -3.68. The van der Waals surface area contributed by atoms with E-state index in [1.807, 2.05) is 35.2 Å². The highest BCUT2D eigenvalue weighted by atomic mass is 32.2. The average molecular weight is 253 g/mol. The maximum Gasteiger partial charge on any atom is 0.279 e. The van der Waals surface area contributed by atoms with Gasteiger partial charge in [-0.05, 0) is 5.56 Å². The van der Waals surface area contributed by atoms with Crippen LogP contribution in [0, 0.1) is 0 Å². The third kappa shape index (κ3) is 3.13. The summed E-state index contributed by atoms with van der Waals surface area (Å²) in [6.07, 6.45) is 2.49. The maximum absolute atomic E-state index is 11.6. The molecule has 90 valence electrons. The molecule has 0 aliphatic heterocycles. The van der Waals surface area contributed by atoms with E-state index in [4.69, 9.17) is 4.84 Å². The van der Waals surface area contributed by atoms with Gasteiger partial charge >= 0.3 is 0 Å². The summed E-state index contributed by atoms with van der Waals surface area (Å²) in [6.45, 7) is 0.161. The lowest BCUT2D eigenvalue weighted by Gasteiger charge is -2.05. The van der Waals surface area contributed by atoms with Crippen molar-refractivity contribution in [1.29, 1.82) is 0 Å². The zero-order valence-corrected chi connectivity index (χ0v) is 9.65. The molecule has 0 aliphatic carbocycles. The van der Waals surface area contributed by atoms with Crippen LogP contribution in [0.15, 0.2) is 47.9 Å². The van der Waals surface area contributed by atoms with Crippen LogP contribution in [0.2, 0.25) is 0 Å². The number of sulfonamides is 1. The summed E-state index contributed by atoms with van der Waals surface area (Å²) in [5, 5.41) is -0.0365. The van der Waals surface area contributed by atoms with Crippen LogP contribution in [0.25, 0.3) is 0 Å². The number of H-pyrrole nitrogens is 1. The van der Waals surface area contributed by atoms with Crippen molar-refractivity contribution < 1.29 is 13.3 Å². The number of rotatable bonds is 5. The second-order valence-corrected chi connectivity index (χ2v) is 4.89. The number of aromatic amines is 1. The molecule has 0 saturated carbocycles. The molecule has 7 heteroatoms. The highest BCUT2D eigenvalue weighted by Crippen LogP contribution is 2.04. The molecule has 0 spiro atoms. The van der Waals surface area contributed by atoms with E-state index in [2.05, 4.69) is 9.97 Å². The molecule has 2 aromatic rings. The van der Waals surface area contributed by atoms with Crippen molar-refractivity contribution in [3.05, 3.63) is 48.4 Å². The van der Waals surface area contributed by atoms with Gasteiger partial charge < -0.3 is 4.98 Å². The topological polar surface area (TPSA) is 84.1 Å². The van der Waals surface area contributed by atoms with E-state index in [9.17, 15) is 8.42 Å². The van der Waals surface area contributed by atoms with Crippen LogP contribution in [-0.4, -0.2) is 18.4 Å². The van der Waals surface area contributed by atoms with E-state index in [-0.39, 0.29) is 11.6 Å². The Morgan fingerprint density at radius 3 is 2.71 bits per heavy atom. The molecule has 0 bridgehead atoms. The van der Waals surface area contributed by atoms with Crippen molar-refractivity contribution >= 4 is 10.0 Å². The lowest BCUT2D eigenvalue weighted by Crippen LogP contribution is -2.24. The van der Waals surface area contributed by atoms with Crippen molar-refractivity contribution in [2.45, 2.75) is 11.6 Å².